The number of benzene rings is 1. The number of rotatable bonds is 6. The zero-order valence-electron chi connectivity index (χ0n) is 17.0. The van der Waals surface area contributed by atoms with Crippen LogP contribution in [-0.4, -0.2) is 37.8 Å². The Hall–Kier alpha value is -2.41. The van der Waals surface area contributed by atoms with Crippen LogP contribution in [0.5, 0.6) is 5.75 Å². The van der Waals surface area contributed by atoms with Crippen molar-refractivity contribution in [3.05, 3.63) is 54.1 Å². The number of pyridine rings is 1. The number of nitrogens with zero attached hydrogens (tertiary/aromatic N) is 2. The first-order valence-corrected chi connectivity index (χ1v) is 11.7. The van der Waals surface area contributed by atoms with Gasteiger partial charge in [0.25, 0.3) is 0 Å². The minimum atomic E-state index is -3.60. The van der Waals surface area contributed by atoms with Gasteiger partial charge in [-0.3, -0.25) is 14.4 Å². The third-order valence-corrected chi connectivity index (χ3v) is 7.20. The van der Waals surface area contributed by atoms with Crippen molar-refractivity contribution in [1.82, 2.24) is 4.57 Å². The first-order valence-electron chi connectivity index (χ1n) is 10.0. The molecular formula is C22H28N2O4S. The number of hydrogen-bond acceptors (Lipinski definition) is 5. The van der Waals surface area contributed by atoms with E-state index in [9.17, 15) is 13.2 Å². The van der Waals surface area contributed by atoms with E-state index in [0.717, 1.165) is 25.7 Å². The summed E-state index contributed by atoms with van der Waals surface area (Å²) in [7, 11) is -2.07. The molecular weight excluding hydrogens is 388 g/mol. The normalized spacial score (nSPS) is 17.1. The summed E-state index contributed by atoms with van der Waals surface area (Å²) < 4.78 is 32.1. The fourth-order valence-electron chi connectivity index (χ4n) is 3.64. The van der Waals surface area contributed by atoms with Crippen LogP contribution in [0.15, 0.2) is 58.5 Å². The van der Waals surface area contributed by atoms with E-state index in [1.54, 1.807) is 31.3 Å². The number of hydrogen-bond donors (Lipinski definition) is 0. The SMILES string of the molecule is COc1ccc(S(=O)(=O)CC(C)C(=O)n2ccccc2=NC2CCCCC2)cc1. The Labute approximate surface area is 172 Å². The molecule has 156 valence electrons. The average Bonchev–Trinajstić information content (AvgIpc) is 2.74. The van der Waals surface area contributed by atoms with Crippen LogP contribution in [0, 0.1) is 5.92 Å². The monoisotopic (exact) mass is 416 g/mol. The van der Waals surface area contributed by atoms with Crippen molar-refractivity contribution in [3.8, 4) is 5.75 Å². The molecule has 1 fully saturated rings. The number of carbonyl (C=O) groups excluding carboxylic acids is 1. The lowest BCUT2D eigenvalue weighted by Crippen LogP contribution is -2.34. The summed E-state index contributed by atoms with van der Waals surface area (Å²) in [5.74, 6) is -0.642. The van der Waals surface area contributed by atoms with Crippen molar-refractivity contribution in [3.63, 3.8) is 0 Å². The third kappa shape index (κ3) is 5.35. The van der Waals surface area contributed by atoms with Gasteiger partial charge in [-0.2, -0.15) is 0 Å². The zero-order chi connectivity index (χ0) is 20.9. The van der Waals surface area contributed by atoms with Crippen LogP contribution in [0.3, 0.4) is 0 Å². The lowest BCUT2D eigenvalue weighted by molar-refractivity contribution is 0.0850. The molecule has 29 heavy (non-hydrogen) atoms. The Balaban J connectivity index is 1.80. The molecule has 0 N–H and O–H groups in total. The highest BCUT2D eigenvalue weighted by molar-refractivity contribution is 7.91. The number of methoxy groups -OCH3 is 1. The molecule has 1 heterocycles. The van der Waals surface area contributed by atoms with Crippen LogP contribution in [-0.2, 0) is 9.84 Å². The molecule has 1 unspecified atom stereocenters. The molecule has 0 aliphatic heterocycles. The molecule has 0 amide bonds. The lowest BCUT2D eigenvalue weighted by atomic mass is 9.96. The van der Waals surface area contributed by atoms with Crippen LogP contribution < -0.4 is 10.2 Å². The molecule has 1 aliphatic carbocycles. The highest BCUT2D eigenvalue weighted by Crippen LogP contribution is 2.20. The van der Waals surface area contributed by atoms with Crippen molar-refractivity contribution in [1.29, 1.82) is 0 Å². The van der Waals surface area contributed by atoms with Crippen LogP contribution in [0.1, 0.15) is 43.8 Å². The first-order chi connectivity index (χ1) is 13.9. The van der Waals surface area contributed by atoms with Gasteiger partial charge in [0, 0.05) is 6.20 Å². The summed E-state index contributed by atoms with van der Waals surface area (Å²) in [5, 5.41) is 0. The maximum atomic E-state index is 13.0. The number of aromatic nitrogens is 1. The predicted octanol–water partition coefficient (Wildman–Crippen LogP) is 3.48. The second kappa shape index (κ2) is 9.39. The van der Waals surface area contributed by atoms with Crippen molar-refractivity contribution >= 4 is 15.7 Å². The molecule has 6 nitrogen and oxygen atoms in total. The molecule has 0 spiro atoms. The van der Waals surface area contributed by atoms with Crippen molar-refractivity contribution in [2.24, 2.45) is 10.9 Å². The largest absolute Gasteiger partial charge is 0.497 e. The topological polar surface area (TPSA) is 77.7 Å². The number of ether oxygens (including phenoxy) is 1. The van der Waals surface area contributed by atoms with E-state index >= 15 is 0 Å². The molecule has 1 aromatic carbocycles. The van der Waals surface area contributed by atoms with E-state index in [4.69, 9.17) is 9.73 Å². The smallest absolute Gasteiger partial charge is 0.236 e. The van der Waals surface area contributed by atoms with Crippen LogP contribution >= 0.6 is 0 Å². The Morgan fingerprint density at radius 1 is 1.14 bits per heavy atom. The summed E-state index contributed by atoms with van der Waals surface area (Å²) in [6.07, 6.45) is 7.28. The maximum Gasteiger partial charge on any atom is 0.236 e. The van der Waals surface area contributed by atoms with Gasteiger partial charge >= 0.3 is 0 Å². The van der Waals surface area contributed by atoms with E-state index in [-0.39, 0.29) is 22.6 Å². The molecule has 1 atom stereocenters. The van der Waals surface area contributed by atoms with Crippen molar-refractivity contribution < 1.29 is 17.9 Å². The van der Waals surface area contributed by atoms with Crippen molar-refractivity contribution in [2.45, 2.75) is 50.0 Å². The highest BCUT2D eigenvalue weighted by atomic mass is 32.2. The van der Waals surface area contributed by atoms with Crippen molar-refractivity contribution in [2.75, 3.05) is 12.9 Å². The molecule has 1 saturated carbocycles. The van der Waals surface area contributed by atoms with Crippen LogP contribution in [0.2, 0.25) is 0 Å². The fraction of sp³-hybridized carbons (Fsp3) is 0.455. The molecule has 0 saturated heterocycles. The second-order valence-electron chi connectivity index (χ2n) is 7.55. The molecule has 7 heteroatoms. The minimum absolute atomic E-state index is 0.183. The molecule has 2 aromatic rings. The summed E-state index contributed by atoms with van der Waals surface area (Å²) in [6, 6.07) is 11.9. The van der Waals surface area contributed by atoms with Gasteiger partial charge in [0.05, 0.1) is 29.7 Å². The standard InChI is InChI=1S/C22H28N2O4S/c1-17(16-29(26,27)20-13-11-19(28-2)12-14-20)22(25)24-15-7-6-10-21(24)23-18-8-4-3-5-9-18/h6-7,10-15,17-18H,3-5,8-9,16H2,1-2H3. The third-order valence-electron chi connectivity index (χ3n) is 5.27. The van der Waals surface area contributed by atoms with Gasteiger partial charge in [0.2, 0.25) is 5.91 Å². The summed E-state index contributed by atoms with van der Waals surface area (Å²) in [5.41, 5.74) is 0.595. The van der Waals surface area contributed by atoms with E-state index < -0.39 is 15.8 Å². The van der Waals surface area contributed by atoms with E-state index in [1.807, 2.05) is 12.1 Å². The molecule has 0 bridgehead atoms. The Kier molecular flexibility index (Phi) is 6.90. The lowest BCUT2D eigenvalue weighted by Gasteiger charge is -2.18. The van der Waals surface area contributed by atoms with Gasteiger partial charge in [0.15, 0.2) is 9.84 Å². The van der Waals surface area contributed by atoms with Gasteiger partial charge in [-0.1, -0.05) is 32.3 Å². The molecule has 0 radical (unpaired) electrons. The van der Waals surface area contributed by atoms with Crippen LogP contribution in [0.25, 0.3) is 0 Å². The molecule has 1 aliphatic rings. The van der Waals surface area contributed by atoms with Crippen LogP contribution in [0.4, 0.5) is 0 Å². The number of carbonyl (C=O) groups is 1. The summed E-state index contributed by atoms with van der Waals surface area (Å²) in [4.78, 5) is 18.0. The van der Waals surface area contributed by atoms with E-state index in [1.165, 1.54) is 30.2 Å². The Morgan fingerprint density at radius 2 is 1.83 bits per heavy atom. The van der Waals surface area contributed by atoms with Gasteiger partial charge in [-0.05, 0) is 49.2 Å². The Bertz CT molecular complexity index is 1000. The van der Waals surface area contributed by atoms with Gasteiger partial charge < -0.3 is 4.74 Å². The first kappa shape index (κ1) is 21.3. The van der Waals surface area contributed by atoms with E-state index in [2.05, 4.69) is 0 Å². The van der Waals surface area contributed by atoms with Gasteiger partial charge in [-0.15, -0.1) is 0 Å². The average molecular weight is 417 g/mol. The highest BCUT2D eigenvalue weighted by Gasteiger charge is 2.25. The second-order valence-corrected chi connectivity index (χ2v) is 9.58. The summed E-state index contributed by atoms with van der Waals surface area (Å²) in [6.45, 7) is 1.65. The maximum absolute atomic E-state index is 13.0. The van der Waals surface area contributed by atoms with Gasteiger partial charge in [0.1, 0.15) is 11.2 Å². The molecule has 1 aromatic heterocycles. The summed E-state index contributed by atoms with van der Waals surface area (Å²) >= 11 is 0. The molecule has 3 rings (SSSR count). The fourth-order valence-corrected chi connectivity index (χ4v) is 5.18. The minimum Gasteiger partial charge on any atom is -0.497 e. The van der Waals surface area contributed by atoms with E-state index in [0.29, 0.717) is 11.2 Å². The van der Waals surface area contributed by atoms with Gasteiger partial charge in [-0.25, -0.2) is 8.42 Å². The zero-order valence-corrected chi connectivity index (χ0v) is 17.8. The number of sulfone groups is 1. The predicted molar refractivity (Wildman–Crippen MR) is 112 cm³/mol. The quantitative estimate of drug-likeness (QED) is 0.722. The Morgan fingerprint density at radius 3 is 2.48 bits per heavy atom.